The van der Waals surface area contributed by atoms with Crippen molar-refractivity contribution in [1.82, 2.24) is 4.31 Å². The summed E-state index contributed by atoms with van der Waals surface area (Å²) in [6.07, 6.45) is 1.46. The first-order valence-electron chi connectivity index (χ1n) is 8.24. The highest BCUT2D eigenvalue weighted by Crippen LogP contribution is 2.23. The molecule has 1 atom stereocenters. The average Bonchev–Trinajstić information content (AvgIpc) is 2.58. The molecule has 0 bridgehead atoms. The summed E-state index contributed by atoms with van der Waals surface area (Å²) < 4.78 is 27.2. The van der Waals surface area contributed by atoms with Gasteiger partial charge in [0.25, 0.3) is 10.0 Å². The summed E-state index contributed by atoms with van der Waals surface area (Å²) in [4.78, 5) is 12.0. The van der Waals surface area contributed by atoms with Gasteiger partial charge in [-0.1, -0.05) is 53.6 Å². The van der Waals surface area contributed by atoms with Crippen molar-refractivity contribution in [3.05, 3.63) is 77.5 Å². The maximum absolute atomic E-state index is 13.1. The van der Waals surface area contributed by atoms with Gasteiger partial charge in [-0.25, -0.2) is 13.2 Å². The first-order valence-corrected chi connectivity index (χ1v) is 9.68. The van der Waals surface area contributed by atoms with Crippen LogP contribution in [-0.4, -0.2) is 29.8 Å². The van der Waals surface area contributed by atoms with E-state index in [4.69, 9.17) is 0 Å². The molecule has 1 unspecified atom stereocenters. The van der Waals surface area contributed by atoms with Crippen LogP contribution in [0, 0.1) is 6.92 Å². The topological polar surface area (TPSA) is 74.7 Å². The number of aryl methyl sites for hydroxylation is 1. The van der Waals surface area contributed by atoms with Crippen molar-refractivity contribution in [2.45, 2.75) is 38.1 Å². The lowest BCUT2D eigenvalue weighted by Crippen LogP contribution is -2.43. The summed E-state index contributed by atoms with van der Waals surface area (Å²) in [5, 5.41) is 9.74. The van der Waals surface area contributed by atoms with E-state index in [0.717, 1.165) is 15.4 Å². The third kappa shape index (κ3) is 4.73. The van der Waals surface area contributed by atoms with Gasteiger partial charge in [0.2, 0.25) is 0 Å². The summed E-state index contributed by atoms with van der Waals surface area (Å²) in [6, 6.07) is 14.2. The summed E-state index contributed by atoms with van der Waals surface area (Å²) in [5.41, 5.74) is 2.38. The molecule has 26 heavy (non-hydrogen) atoms. The van der Waals surface area contributed by atoms with Crippen LogP contribution in [0.3, 0.4) is 0 Å². The van der Waals surface area contributed by atoms with Gasteiger partial charge in [-0.2, -0.15) is 0 Å². The lowest BCUT2D eigenvalue weighted by Gasteiger charge is -2.28. The van der Waals surface area contributed by atoms with E-state index in [-0.39, 0.29) is 11.3 Å². The van der Waals surface area contributed by atoms with Crippen molar-refractivity contribution in [2.75, 3.05) is 0 Å². The first kappa shape index (κ1) is 19.7. The van der Waals surface area contributed by atoms with E-state index in [1.54, 1.807) is 50.2 Å². The van der Waals surface area contributed by atoms with Gasteiger partial charge in [0.15, 0.2) is 0 Å². The van der Waals surface area contributed by atoms with Gasteiger partial charge < -0.3 is 5.11 Å². The van der Waals surface area contributed by atoms with Gasteiger partial charge >= 0.3 is 5.97 Å². The number of hydrogen-bond acceptors (Lipinski definition) is 3. The number of benzene rings is 2. The van der Waals surface area contributed by atoms with Gasteiger partial charge in [0, 0.05) is 12.6 Å². The Kier molecular flexibility index (Phi) is 6.21. The van der Waals surface area contributed by atoms with Crippen LogP contribution < -0.4 is 0 Å². The molecule has 2 aromatic carbocycles. The number of sulfonamides is 1. The lowest BCUT2D eigenvalue weighted by molar-refractivity contribution is -0.140. The van der Waals surface area contributed by atoms with Gasteiger partial charge in [0.1, 0.15) is 6.04 Å². The first-order chi connectivity index (χ1) is 12.2. The summed E-state index contributed by atoms with van der Waals surface area (Å²) >= 11 is 0. The maximum atomic E-state index is 13.1. The van der Waals surface area contributed by atoms with Crippen LogP contribution >= 0.6 is 0 Å². The van der Waals surface area contributed by atoms with Crippen molar-refractivity contribution < 1.29 is 18.3 Å². The Bertz CT molecular complexity index is 883. The molecule has 5 nitrogen and oxygen atoms in total. The molecule has 0 amide bonds. The van der Waals surface area contributed by atoms with E-state index in [1.807, 2.05) is 13.0 Å². The summed E-state index contributed by atoms with van der Waals surface area (Å²) in [6.45, 7) is 5.33. The SMILES string of the molecule is CC(C)=CN(C(Cc1ccccc1)C(=O)O)S(=O)(=O)c1ccc(C)cc1. The zero-order chi connectivity index (χ0) is 19.3. The zero-order valence-corrected chi connectivity index (χ0v) is 15.9. The molecular formula is C20H23NO4S. The average molecular weight is 373 g/mol. The second-order valence-electron chi connectivity index (χ2n) is 6.40. The molecule has 0 aliphatic carbocycles. The highest BCUT2D eigenvalue weighted by atomic mass is 32.2. The van der Waals surface area contributed by atoms with Gasteiger partial charge in [0.05, 0.1) is 4.90 Å². The van der Waals surface area contributed by atoms with Gasteiger partial charge in [-0.15, -0.1) is 0 Å². The monoisotopic (exact) mass is 373 g/mol. The molecular weight excluding hydrogens is 350 g/mol. The minimum absolute atomic E-state index is 0.0694. The molecule has 0 aliphatic rings. The van der Waals surface area contributed by atoms with E-state index < -0.39 is 22.0 Å². The number of hydrogen-bond donors (Lipinski definition) is 1. The smallest absolute Gasteiger partial charge is 0.327 e. The summed E-state index contributed by atoms with van der Waals surface area (Å²) in [5.74, 6) is -1.19. The molecule has 1 N–H and O–H groups in total. The van der Waals surface area contributed by atoms with Crippen molar-refractivity contribution >= 4 is 16.0 Å². The van der Waals surface area contributed by atoms with Crippen LogP contribution in [-0.2, 0) is 21.2 Å². The van der Waals surface area contributed by atoms with Crippen LogP contribution in [0.25, 0.3) is 0 Å². The van der Waals surface area contributed by atoms with E-state index in [9.17, 15) is 18.3 Å². The van der Waals surface area contributed by atoms with Crippen molar-refractivity contribution in [1.29, 1.82) is 0 Å². The quantitative estimate of drug-likeness (QED) is 0.805. The van der Waals surface area contributed by atoms with E-state index >= 15 is 0 Å². The highest BCUT2D eigenvalue weighted by molar-refractivity contribution is 7.89. The number of nitrogens with zero attached hydrogens (tertiary/aromatic N) is 1. The molecule has 0 heterocycles. The maximum Gasteiger partial charge on any atom is 0.327 e. The fourth-order valence-corrected chi connectivity index (χ4v) is 4.11. The van der Waals surface area contributed by atoms with Crippen LogP contribution in [0.5, 0.6) is 0 Å². The van der Waals surface area contributed by atoms with Crippen molar-refractivity contribution in [2.24, 2.45) is 0 Å². The standard InChI is InChI=1S/C20H23NO4S/c1-15(2)14-21(26(24,25)18-11-9-16(3)10-12-18)19(20(22)23)13-17-7-5-4-6-8-17/h4-12,14,19H,13H2,1-3H3,(H,22,23). The second-order valence-corrected chi connectivity index (χ2v) is 8.24. The molecule has 0 aromatic heterocycles. The number of aliphatic carboxylic acids is 1. The number of carbonyl (C=O) groups is 1. The van der Waals surface area contributed by atoms with Gasteiger partial charge in [-0.05, 0) is 38.5 Å². The Balaban J connectivity index is 2.51. The highest BCUT2D eigenvalue weighted by Gasteiger charge is 2.33. The lowest BCUT2D eigenvalue weighted by atomic mass is 10.1. The largest absolute Gasteiger partial charge is 0.480 e. The molecule has 0 saturated carbocycles. The number of rotatable bonds is 7. The van der Waals surface area contributed by atoms with Gasteiger partial charge in [-0.3, -0.25) is 4.31 Å². The fraction of sp³-hybridized carbons (Fsp3) is 0.250. The molecule has 0 radical (unpaired) electrons. The minimum atomic E-state index is -4.00. The van der Waals surface area contributed by atoms with Crippen molar-refractivity contribution in [3.8, 4) is 0 Å². The van der Waals surface area contributed by atoms with Crippen LogP contribution in [0.1, 0.15) is 25.0 Å². The van der Waals surface area contributed by atoms with E-state index in [0.29, 0.717) is 5.57 Å². The Morgan fingerprint density at radius 2 is 1.65 bits per heavy atom. The molecule has 2 rings (SSSR count). The predicted molar refractivity (Wildman–Crippen MR) is 101 cm³/mol. The molecule has 6 heteroatoms. The predicted octanol–water partition coefficient (Wildman–Crippen LogP) is 3.61. The summed E-state index contributed by atoms with van der Waals surface area (Å²) in [7, 11) is -4.00. The minimum Gasteiger partial charge on any atom is -0.480 e. The normalized spacial score (nSPS) is 12.3. The Morgan fingerprint density at radius 1 is 1.08 bits per heavy atom. The van der Waals surface area contributed by atoms with Crippen LogP contribution in [0.4, 0.5) is 0 Å². The van der Waals surface area contributed by atoms with Crippen LogP contribution in [0.2, 0.25) is 0 Å². The molecule has 138 valence electrons. The molecule has 0 spiro atoms. The number of allylic oxidation sites excluding steroid dienone is 1. The van der Waals surface area contributed by atoms with E-state index in [1.165, 1.54) is 18.3 Å². The zero-order valence-electron chi connectivity index (χ0n) is 15.1. The molecule has 0 saturated heterocycles. The molecule has 0 fully saturated rings. The Labute approximate surface area is 154 Å². The number of carboxylic acid groups (broad SMARTS) is 1. The molecule has 0 aliphatic heterocycles. The van der Waals surface area contributed by atoms with Crippen LogP contribution in [0.15, 0.2) is 71.3 Å². The fourth-order valence-electron chi connectivity index (χ4n) is 2.54. The Morgan fingerprint density at radius 3 is 2.15 bits per heavy atom. The van der Waals surface area contributed by atoms with E-state index in [2.05, 4.69) is 0 Å². The number of carboxylic acids is 1. The second kappa shape index (κ2) is 8.19. The Hall–Kier alpha value is -2.60. The molecule has 2 aromatic rings. The third-order valence-corrected chi connectivity index (χ3v) is 5.63. The third-order valence-electron chi connectivity index (χ3n) is 3.85. The van der Waals surface area contributed by atoms with Crippen molar-refractivity contribution in [3.63, 3.8) is 0 Å².